The van der Waals surface area contributed by atoms with Crippen LogP contribution in [0.5, 0.6) is 0 Å². The molecule has 0 saturated heterocycles. The second-order valence-corrected chi connectivity index (χ2v) is 3.18. The topological polar surface area (TPSA) is 81.2 Å². The Kier molecular flexibility index (Phi) is 2.12. The fourth-order valence-electron chi connectivity index (χ4n) is 1.49. The molecule has 0 saturated carbocycles. The number of fused-ring (bicyclic) bond motifs is 1. The predicted molar refractivity (Wildman–Crippen MR) is 53.3 cm³/mol. The van der Waals surface area contributed by atoms with Gasteiger partial charge in [-0.05, 0) is 6.07 Å². The molecule has 2 aromatic rings. The van der Waals surface area contributed by atoms with E-state index in [0.29, 0.717) is 11.3 Å². The highest BCUT2D eigenvalue weighted by Gasteiger charge is 2.11. The van der Waals surface area contributed by atoms with Gasteiger partial charge in [-0.15, -0.1) is 0 Å². The lowest BCUT2D eigenvalue weighted by atomic mass is 10.3. The average molecular weight is 207 g/mol. The van der Waals surface area contributed by atoms with Crippen molar-refractivity contribution in [1.82, 2.24) is 9.55 Å². The molecule has 1 aromatic heterocycles. The van der Waals surface area contributed by atoms with Gasteiger partial charge in [0.2, 0.25) is 0 Å². The molecular weight excluding hydrogens is 198 g/mol. The molecule has 0 unspecified atom stereocenters. The number of imidazole rings is 1. The molecule has 0 aliphatic heterocycles. The molecule has 1 aromatic carbocycles. The zero-order chi connectivity index (χ0) is 11.0. The first-order valence-electron chi connectivity index (χ1n) is 4.34. The van der Waals surface area contributed by atoms with E-state index in [-0.39, 0.29) is 12.3 Å². The van der Waals surface area contributed by atoms with Gasteiger partial charge in [0, 0.05) is 19.2 Å². The normalized spacial score (nSPS) is 10.8. The highest BCUT2D eigenvalue weighted by atomic mass is 16.6. The Balaban J connectivity index is 2.68. The van der Waals surface area contributed by atoms with Crippen LogP contribution in [0, 0.1) is 10.1 Å². The van der Waals surface area contributed by atoms with E-state index in [9.17, 15) is 10.1 Å². The van der Waals surface area contributed by atoms with Gasteiger partial charge in [0.15, 0.2) is 0 Å². The number of aliphatic hydroxyl groups is 1. The number of benzene rings is 1. The van der Waals surface area contributed by atoms with Crippen molar-refractivity contribution in [1.29, 1.82) is 0 Å². The molecule has 0 radical (unpaired) electrons. The standard InChI is InChI=1S/C9H9N3O3/c1-11-8-3-2-6(12(14)15)4-7(8)10-9(11)5-13/h2-4,13H,5H2,1H3. The van der Waals surface area contributed by atoms with E-state index >= 15 is 0 Å². The summed E-state index contributed by atoms with van der Waals surface area (Å²) in [5.74, 6) is 0.491. The van der Waals surface area contributed by atoms with Crippen LogP contribution in [0.4, 0.5) is 5.69 Å². The van der Waals surface area contributed by atoms with Crippen molar-refractivity contribution in [2.45, 2.75) is 6.61 Å². The van der Waals surface area contributed by atoms with Crippen LogP contribution < -0.4 is 0 Å². The van der Waals surface area contributed by atoms with Crippen LogP contribution in [0.15, 0.2) is 18.2 Å². The quantitative estimate of drug-likeness (QED) is 0.587. The maximum Gasteiger partial charge on any atom is 0.271 e. The lowest BCUT2D eigenvalue weighted by Crippen LogP contribution is -1.96. The molecule has 15 heavy (non-hydrogen) atoms. The van der Waals surface area contributed by atoms with E-state index in [1.165, 1.54) is 12.1 Å². The van der Waals surface area contributed by atoms with E-state index in [1.807, 2.05) is 0 Å². The largest absolute Gasteiger partial charge is 0.388 e. The van der Waals surface area contributed by atoms with Crippen LogP contribution in [-0.2, 0) is 13.7 Å². The number of rotatable bonds is 2. The molecule has 78 valence electrons. The van der Waals surface area contributed by atoms with E-state index in [4.69, 9.17) is 5.11 Å². The average Bonchev–Trinajstić information content (AvgIpc) is 2.55. The number of nitro benzene ring substituents is 1. The molecule has 0 aliphatic carbocycles. The summed E-state index contributed by atoms with van der Waals surface area (Å²) in [5.41, 5.74) is 1.30. The molecule has 6 nitrogen and oxygen atoms in total. The van der Waals surface area contributed by atoms with E-state index in [2.05, 4.69) is 4.98 Å². The number of aryl methyl sites for hydroxylation is 1. The lowest BCUT2D eigenvalue weighted by Gasteiger charge is -1.96. The summed E-state index contributed by atoms with van der Waals surface area (Å²) < 4.78 is 1.71. The van der Waals surface area contributed by atoms with Gasteiger partial charge in [0.25, 0.3) is 5.69 Å². The van der Waals surface area contributed by atoms with E-state index < -0.39 is 4.92 Å². The molecule has 1 heterocycles. The van der Waals surface area contributed by atoms with Gasteiger partial charge >= 0.3 is 0 Å². The fraction of sp³-hybridized carbons (Fsp3) is 0.222. The van der Waals surface area contributed by atoms with Gasteiger partial charge in [0.05, 0.1) is 16.0 Å². The molecular formula is C9H9N3O3. The lowest BCUT2D eigenvalue weighted by molar-refractivity contribution is -0.384. The second kappa shape index (κ2) is 3.32. The number of aliphatic hydroxyl groups excluding tert-OH is 1. The van der Waals surface area contributed by atoms with Gasteiger partial charge in [0.1, 0.15) is 12.4 Å². The summed E-state index contributed by atoms with van der Waals surface area (Å²) in [4.78, 5) is 14.1. The third kappa shape index (κ3) is 1.44. The van der Waals surface area contributed by atoms with Gasteiger partial charge in [-0.2, -0.15) is 0 Å². The van der Waals surface area contributed by atoms with Gasteiger partial charge in [-0.1, -0.05) is 0 Å². The third-order valence-corrected chi connectivity index (χ3v) is 2.31. The molecule has 0 atom stereocenters. The Morgan fingerprint density at radius 2 is 2.33 bits per heavy atom. The monoisotopic (exact) mass is 207 g/mol. The molecule has 1 N–H and O–H groups in total. The summed E-state index contributed by atoms with van der Waals surface area (Å²) in [5, 5.41) is 19.5. The van der Waals surface area contributed by atoms with Crippen LogP contribution in [0.25, 0.3) is 11.0 Å². The van der Waals surface area contributed by atoms with Gasteiger partial charge in [-0.25, -0.2) is 4.98 Å². The number of hydrogen-bond donors (Lipinski definition) is 1. The maximum absolute atomic E-state index is 10.5. The highest BCUT2D eigenvalue weighted by Crippen LogP contribution is 2.20. The van der Waals surface area contributed by atoms with Crippen molar-refractivity contribution in [2.24, 2.45) is 7.05 Å². The molecule has 0 fully saturated rings. The summed E-state index contributed by atoms with van der Waals surface area (Å²) in [7, 11) is 1.76. The van der Waals surface area contributed by atoms with Crippen LogP contribution in [0.3, 0.4) is 0 Å². The Hall–Kier alpha value is -1.95. The Labute approximate surface area is 84.9 Å². The summed E-state index contributed by atoms with van der Waals surface area (Å²) in [6.07, 6.45) is 0. The van der Waals surface area contributed by atoms with Gasteiger partial charge < -0.3 is 9.67 Å². The van der Waals surface area contributed by atoms with Crippen LogP contribution >= 0.6 is 0 Å². The van der Waals surface area contributed by atoms with Crippen molar-refractivity contribution in [2.75, 3.05) is 0 Å². The minimum absolute atomic E-state index is 0.00471. The molecule has 2 rings (SSSR count). The highest BCUT2D eigenvalue weighted by molar-refractivity contribution is 5.78. The predicted octanol–water partition coefficient (Wildman–Crippen LogP) is 0.974. The second-order valence-electron chi connectivity index (χ2n) is 3.18. The Bertz CT molecular complexity index is 533. The Morgan fingerprint density at radius 3 is 2.93 bits per heavy atom. The molecule has 6 heteroatoms. The zero-order valence-electron chi connectivity index (χ0n) is 8.04. The van der Waals surface area contributed by atoms with Crippen LogP contribution in [-0.4, -0.2) is 19.6 Å². The van der Waals surface area contributed by atoms with Gasteiger partial charge in [-0.3, -0.25) is 10.1 Å². The smallest absolute Gasteiger partial charge is 0.271 e. The van der Waals surface area contributed by atoms with Crippen molar-refractivity contribution in [3.05, 3.63) is 34.1 Å². The first-order chi connectivity index (χ1) is 7.13. The number of non-ortho nitro benzene ring substituents is 1. The van der Waals surface area contributed by atoms with Crippen LogP contribution in [0.2, 0.25) is 0 Å². The van der Waals surface area contributed by atoms with E-state index in [1.54, 1.807) is 17.7 Å². The number of nitro groups is 1. The molecule has 0 spiro atoms. The zero-order valence-corrected chi connectivity index (χ0v) is 8.04. The minimum atomic E-state index is -0.466. The van der Waals surface area contributed by atoms with Crippen LogP contribution in [0.1, 0.15) is 5.82 Å². The Morgan fingerprint density at radius 1 is 1.60 bits per heavy atom. The first kappa shape index (κ1) is 9.60. The molecule has 0 amide bonds. The summed E-state index contributed by atoms with van der Waals surface area (Å²) in [6, 6.07) is 4.44. The molecule has 0 aliphatic rings. The summed E-state index contributed by atoms with van der Waals surface area (Å²) in [6.45, 7) is -0.182. The minimum Gasteiger partial charge on any atom is -0.388 e. The van der Waals surface area contributed by atoms with Crippen molar-refractivity contribution >= 4 is 16.7 Å². The number of hydrogen-bond acceptors (Lipinski definition) is 4. The van der Waals surface area contributed by atoms with Crippen molar-refractivity contribution in [3.8, 4) is 0 Å². The SMILES string of the molecule is Cn1c(CO)nc2cc([N+](=O)[O-])ccc21. The number of aromatic nitrogens is 2. The molecule has 0 bridgehead atoms. The third-order valence-electron chi connectivity index (χ3n) is 2.31. The van der Waals surface area contributed by atoms with E-state index in [0.717, 1.165) is 5.52 Å². The number of nitrogens with zero attached hydrogens (tertiary/aromatic N) is 3. The van der Waals surface area contributed by atoms with Crippen molar-refractivity contribution < 1.29 is 10.0 Å². The summed E-state index contributed by atoms with van der Waals surface area (Å²) >= 11 is 0. The fourth-order valence-corrected chi connectivity index (χ4v) is 1.49. The van der Waals surface area contributed by atoms with Crippen molar-refractivity contribution in [3.63, 3.8) is 0 Å². The first-order valence-corrected chi connectivity index (χ1v) is 4.34. The maximum atomic E-state index is 10.5.